The molecule has 2 aromatic carbocycles. The molecule has 0 saturated carbocycles. The SMILES string of the molecule is Cc1onc(-c2ccccc2)c1-c1ccc(CCl)cc1. The van der Waals surface area contributed by atoms with Crippen molar-refractivity contribution in [2.75, 3.05) is 0 Å². The predicted octanol–water partition coefficient (Wildman–Crippen LogP) is 5.06. The highest BCUT2D eigenvalue weighted by atomic mass is 35.5. The number of aromatic nitrogens is 1. The van der Waals surface area contributed by atoms with Crippen molar-refractivity contribution in [2.24, 2.45) is 0 Å². The molecule has 0 aliphatic rings. The van der Waals surface area contributed by atoms with Crippen molar-refractivity contribution in [1.82, 2.24) is 5.16 Å². The van der Waals surface area contributed by atoms with Crippen LogP contribution >= 0.6 is 11.6 Å². The molecule has 3 aromatic rings. The lowest BCUT2D eigenvalue weighted by Crippen LogP contribution is -1.85. The smallest absolute Gasteiger partial charge is 0.142 e. The van der Waals surface area contributed by atoms with Crippen LogP contribution in [-0.2, 0) is 5.88 Å². The van der Waals surface area contributed by atoms with Crippen LogP contribution in [0.1, 0.15) is 11.3 Å². The zero-order valence-corrected chi connectivity index (χ0v) is 11.9. The summed E-state index contributed by atoms with van der Waals surface area (Å²) >= 11 is 5.83. The molecule has 2 nitrogen and oxygen atoms in total. The maximum atomic E-state index is 5.83. The minimum atomic E-state index is 0.522. The second-order valence-corrected chi connectivity index (χ2v) is 4.93. The van der Waals surface area contributed by atoms with E-state index in [9.17, 15) is 0 Å². The molecule has 1 aromatic heterocycles. The summed E-state index contributed by atoms with van der Waals surface area (Å²) in [6.45, 7) is 1.93. The quantitative estimate of drug-likeness (QED) is 0.628. The Kier molecular flexibility index (Phi) is 3.57. The lowest BCUT2D eigenvalue weighted by molar-refractivity contribution is 0.400. The molecule has 0 saturated heterocycles. The van der Waals surface area contributed by atoms with E-state index in [0.717, 1.165) is 33.7 Å². The van der Waals surface area contributed by atoms with E-state index in [1.54, 1.807) is 0 Å². The molecule has 0 unspecified atom stereocenters. The van der Waals surface area contributed by atoms with Crippen LogP contribution < -0.4 is 0 Å². The second-order valence-electron chi connectivity index (χ2n) is 4.66. The third-order valence-electron chi connectivity index (χ3n) is 3.31. The summed E-state index contributed by atoms with van der Waals surface area (Å²) in [5.74, 6) is 1.34. The van der Waals surface area contributed by atoms with Crippen molar-refractivity contribution in [1.29, 1.82) is 0 Å². The molecule has 0 bridgehead atoms. The average molecular weight is 284 g/mol. The third-order valence-corrected chi connectivity index (χ3v) is 3.62. The Morgan fingerprint density at radius 1 is 0.950 bits per heavy atom. The van der Waals surface area contributed by atoms with Gasteiger partial charge in [-0.15, -0.1) is 11.6 Å². The van der Waals surface area contributed by atoms with E-state index < -0.39 is 0 Å². The molecule has 0 atom stereocenters. The van der Waals surface area contributed by atoms with Gasteiger partial charge in [0.15, 0.2) is 0 Å². The number of nitrogens with zero attached hydrogens (tertiary/aromatic N) is 1. The van der Waals surface area contributed by atoms with Crippen molar-refractivity contribution in [2.45, 2.75) is 12.8 Å². The van der Waals surface area contributed by atoms with Gasteiger partial charge < -0.3 is 4.52 Å². The molecular weight excluding hydrogens is 270 g/mol. The van der Waals surface area contributed by atoms with Crippen molar-refractivity contribution in [3.05, 3.63) is 65.9 Å². The van der Waals surface area contributed by atoms with Crippen LogP contribution in [0.4, 0.5) is 0 Å². The van der Waals surface area contributed by atoms with Gasteiger partial charge in [-0.05, 0) is 18.1 Å². The minimum absolute atomic E-state index is 0.522. The lowest BCUT2D eigenvalue weighted by atomic mass is 9.99. The fraction of sp³-hybridized carbons (Fsp3) is 0.118. The molecule has 0 radical (unpaired) electrons. The van der Waals surface area contributed by atoms with Crippen molar-refractivity contribution >= 4 is 11.6 Å². The maximum Gasteiger partial charge on any atom is 0.142 e. The molecule has 1 heterocycles. The zero-order chi connectivity index (χ0) is 13.9. The van der Waals surface area contributed by atoms with Gasteiger partial charge >= 0.3 is 0 Å². The van der Waals surface area contributed by atoms with Gasteiger partial charge in [-0.2, -0.15) is 0 Å². The van der Waals surface area contributed by atoms with E-state index in [0.29, 0.717) is 5.88 Å². The van der Waals surface area contributed by atoms with Gasteiger partial charge in [0.05, 0.1) is 5.56 Å². The number of aryl methyl sites for hydroxylation is 1. The van der Waals surface area contributed by atoms with Crippen LogP contribution in [0.25, 0.3) is 22.4 Å². The summed E-state index contributed by atoms with van der Waals surface area (Å²) in [7, 11) is 0. The normalized spacial score (nSPS) is 10.7. The molecule has 3 heteroatoms. The Balaban J connectivity index is 2.11. The Labute approximate surface area is 123 Å². The van der Waals surface area contributed by atoms with Gasteiger partial charge in [0.1, 0.15) is 11.5 Å². The zero-order valence-electron chi connectivity index (χ0n) is 11.1. The number of alkyl halides is 1. The van der Waals surface area contributed by atoms with Crippen LogP contribution in [0, 0.1) is 6.92 Å². The first-order chi connectivity index (χ1) is 9.79. The first kappa shape index (κ1) is 12.9. The maximum absolute atomic E-state index is 5.83. The van der Waals surface area contributed by atoms with Gasteiger partial charge in [-0.3, -0.25) is 0 Å². The highest BCUT2D eigenvalue weighted by Crippen LogP contribution is 2.34. The van der Waals surface area contributed by atoms with Crippen molar-refractivity contribution in [3.8, 4) is 22.4 Å². The first-order valence-corrected chi connectivity index (χ1v) is 7.00. The second kappa shape index (κ2) is 5.51. The molecule has 0 aliphatic heterocycles. The number of hydrogen-bond acceptors (Lipinski definition) is 2. The highest BCUT2D eigenvalue weighted by Gasteiger charge is 2.16. The fourth-order valence-electron chi connectivity index (χ4n) is 2.27. The van der Waals surface area contributed by atoms with E-state index in [1.807, 2.05) is 49.4 Å². The van der Waals surface area contributed by atoms with Gasteiger partial charge in [0, 0.05) is 11.4 Å². The molecule has 3 rings (SSSR count). The van der Waals surface area contributed by atoms with E-state index in [1.165, 1.54) is 0 Å². The Morgan fingerprint density at radius 3 is 2.30 bits per heavy atom. The monoisotopic (exact) mass is 283 g/mol. The highest BCUT2D eigenvalue weighted by molar-refractivity contribution is 6.17. The largest absolute Gasteiger partial charge is 0.360 e. The molecule has 0 fully saturated rings. The molecule has 0 N–H and O–H groups in total. The molecule has 100 valence electrons. The first-order valence-electron chi connectivity index (χ1n) is 6.46. The molecule has 0 spiro atoms. The van der Waals surface area contributed by atoms with Crippen LogP contribution in [0.15, 0.2) is 59.1 Å². The predicted molar refractivity (Wildman–Crippen MR) is 81.7 cm³/mol. The molecule has 0 aliphatic carbocycles. The lowest BCUT2D eigenvalue weighted by Gasteiger charge is -2.04. The van der Waals surface area contributed by atoms with E-state index in [-0.39, 0.29) is 0 Å². The summed E-state index contributed by atoms with van der Waals surface area (Å²) in [5, 5.41) is 4.20. The summed E-state index contributed by atoms with van der Waals surface area (Å²) in [6, 6.07) is 18.2. The molecular formula is C17H14ClNO. The Hall–Kier alpha value is -2.06. The Bertz CT molecular complexity index is 702. The van der Waals surface area contributed by atoms with Crippen molar-refractivity contribution < 1.29 is 4.52 Å². The topological polar surface area (TPSA) is 26.0 Å². The van der Waals surface area contributed by atoms with Gasteiger partial charge in [-0.25, -0.2) is 0 Å². The van der Waals surface area contributed by atoms with Gasteiger partial charge in [-0.1, -0.05) is 59.8 Å². The third kappa shape index (κ3) is 2.35. The van der Waals surface area contributed by atoms with E-state index >= 15 is 0 Å². The van der Waals surface area contributed by atoms with Crippen LogP contribution in [0.2, 0.25) is 0 Å². The number of rotatable bonds is 3. The molecule has 20 heavy (non-hydrogen) atoms. The summed E-state index contributed by atoms with van der Waals surface area (Å²) < 4.78 is 5.38. The van der Waals surface area contributed by atoms with E-state index in [4.69, 9.17) is 16.1 Å². The van der Waals surface area contributed by atoms with Crippen LogP contribution in [0.3, 0.4) is 0 Å². The Morgan fingerprint density at radius 2 is 1.65 bits per heavy atom. The van der Waals surface area contributed by atoms with Crippen LogP contribution in [0.5, 0.6) is 0 Å². The summed E-state index contributed by atoms with van der Waals surface area (Å²) in [6.07, 6.45) is 0. The fourth-order valence-corrected chi connectivity index (χ4v) is 2.44. The van der Waals surface area contributed by atoms with Crippen molar-refractivity contribution in [3.63, 3.8) is 0 Å². The van der Waals surface area contributed by atoms with E-state index in [2.05, 4.69) is 17.3 Å². The summed E-state index contributed by atoms with van der Waals surface area (Å²) in [5.41, 5.74) is 5.17. The van der Waals surface area contributed by atoms with Gasteiger partial charge in [0.2, 0.25) is 0 Å². The average Bonchev–Trinajstić information content (AvgIpc) is 2.90. The van der Waals surface area contributed by atoms with Gasteiger partial charge in [0.25, 0.3) is 0 Å². The number of benzene rings is 2. The molecule has 0 amide bonds. The summed E-state index contributed by atoms with van der Waals surface area (Å²) in [4.78, 5) is 0. The van der Waals surface area contributed by atoms with Crippen LogP contribution in [-0.4, -0.2) is 5.16 Å². The number of hydrogen-bond donors (Lipinski definition) is 0. The minimum Gasteiger partial charge on any atom is -0.360 e. The number of halogens is 1. The standard InChI is InChI=1S/C17H14ClNO/c1-12-16(14-9-7-13(11-18)8-10-14)17(19-20-12)15-5-3-2-4-6-15/h2-10H,11H2,1H3.